The minimum absolute atomic E-state index is 0.123. The van der Waals surface area contributed by atoms with Crippen molar-refractivity contribution in [2.45, 2.75) is 13.5 Å². The van der Waals surface area contributed by atoms with Crippen LogP contribution < -0.4 is 4.74 Å². The first-order valence-corrected chi connectivity index (χ1v) is 10.8. The zero-order valence-corrected chi connectivity index (χ0v) is 18.7. The molecule has 0 unspecified atom stereocenters. The molecule has 2 aromatic carbocycles. The van der Waals surface area contributed by atoms with Crippen molar-refractivity contribution in [2.24, 2.45) is 4.99 Å². The van der Waals surface area contributed by atoms with E-state index >= 15 is 0 Å². The average Bonchev–Trinajstić information content (AvgIpc) is 3.03. The fraction of sp³-hybridized carbons (Fsp3) is 0.125. The van der Waals surface area contributed by atoms with E-state index in [1.807, 2.05) is 30.3 Å². The molecule has 1 amide bonds. The Bertz CT molecular complexity index is 1180. The summed E-state index contributed by atoms with van der Waals surface area (Å²) in [5.41, 5.74) is 3.70. The number of benzene rings is 2. The van der Waals surface area contributed by atoms with Crippen LogP contribution in [0.25, 0.3) is 6.08 Å². The number of hydrogen-bond donors (Lipinski definition) is 0. The Morgan fingerprint density at radius 1 is 1.16 bits per heavy atom. The zero-order valence-electron chi connectivity index (χ0n) is 17.1. The molecule has 4 rings (SSSR count). The van der Waals surface area contributed by atoms with E-state index in [2.05, 4.69) is 41.2 Å². The van der Waals surface area contributed by atoms with E-state index in [0.717, 1.165) is 11.1 Å². The maximum absolute atomic E-state index is 12.8. The maximum Gasteiger partial charge on any atom is 0.266 e. The molecule has 0 radical (unpaired) electrons. The van der Waals surface area contributed by atoms with Crippen LogP contribution in [0.1, 0.15) is 16.7 Å². The van der Waals surface area contributed by atoms with E-state index in [1.165, 1.54) is 28.4 Å². The summed E-state index contributed by atoms with van der Waals surface area (Å²) in [5.74, 6) is 0.594. The number of carbonyl (C=O) groups excluding carboxylic acids is 1. The monoisotopic (exact) mass is 449 g/mol. The highest BCUT2D eigenvalue weighted by molar-refractivity contribution is 8.18. The van der Waals surface area contributed by atoms with Crippen LogP contribution in [0.5, 0.6) is 5.75 Å². The van der Waals surface area contributed by atoms with Crippen LogP contribution in [0, 0.1) is 6.92 Å². The lowest BCUT2D eigenvalue weighted by atomic mass is 10.1. The van der Waals surface area contributed by atoms with Crippen LogP contribution in [0.2, 0.25) is 5.02 Å². The third kappa shape index (κ3) is 4.98. The summed E-state index contributed by atoms with van der Waals surface area (Å²) < 4.78 is 6.04. The first kappa shape index (κ1) is 21.2. The van der Waals surface area contributed by atoms with Gasteiger partial charge in [-0.05, 0) is 42.5 Å². The molecule has 3 aromatic rings. The van der Waals surface area contributed by atoms with Gasteiger partial charge < -0.3 is 4.74 Å². The summed E-state index contributed by atoms with van der Waals surface area (Å²) in [4.78, 5) is 23.4. The summed E-state index contributed by atoms with van der Waals surface area (Å²) in [6.07, 6.45) is 4.98. The van der Waals surface area contributed by atoms with Gasteiger partial charge >= 0.3 is 0 Å². The third-order valence-electron chi connectivity index (χ3n) is 4.69. The number of thioether (sulfide) groups is 1. The van der Waals surface area contributed by atoms with Gasteiger partial charge in [0.2, 0.25) is 0 Å². The van der Waals surface area contributed by atoms with Crippen molar-refractivity contribution in [3.8, 4) is 5.75 Å². The number of ether oxygens (including phenoxy) is 1. The number of nitrogens with zero attached hydrogens (tertiary/aromatic N) is 3. The number of aliphatic imine (C=N–C) groups is 1. The van der Waals surface area contributed by atoms with E-state index in [0.29, 0.717) is 33.1 Å². The third-order valence-corrected chi connectivity index (χ3v) is 6.04. The summed E-state index contributed by atoms with van der Waals surface area (Å²) in [6, 6.07) is 17.6. The number of hydrogen-bond acceptors (Lipinski definition) is 5. The molecule has 156 valence electrons. The van der Waals surface area contributed by atoms with Crippen molar-refractivity contribution in [1.82, 2.24) is 9.88 Å². The molecule has 1 aliphatic heterocycles. The van der Waals surface area contributed by atoms with Crippen molar-refractivity contribution in [1.29, 1.82) is 0 Å². The van der Waals surface area contributed by atoms with E-state index < -0.39 is 0 Å². The van der Waals surface area contributed by atoms with Crippen LogP contribution >= 0.6 is 23.4 Å². The molecule has 5 nitrogen and oxygen atoms in total. The molecule has 7 heteroatoms. The molecular formula is C24H20ClN3O2S. The smallest absolute Gasteiger partial charge is 0.266 e. The Balaban J connectivity index is 1.56. The van der Waals surface area contributed by atoms with E-state index in [1.54, 1.807) is 19.3 Å². The number of aromatic nitrogens is 1. The number of aryl methyl sites for hydroxylation is 1. The topological polar surface area (TPSA) is 54.8 Å². The van der Waals surface area contributed by atoms with Gasteiger partial charge in [0.05, 0.1) is 15.6 Å². The van der Waals surface area contributed by atoms with E-state index in [-0.39, 0.29) is 5.91 Å². The summed E-state index contributed by atoms with van der Waals surface area (Å²) in [7, 11) is 1.70. The maximum atomic E-state index is 12.8. The van der Waals surface area contributed by atoms with E-state index in [4.69, 9.17) is 16.3 Å². The average molecular weight is 450 g/mol. The Labute approximate surface area is 190 Å². The van der Waals surface area contributed by atoms with Crippen molar-refractivity contribution in [3.05, 3.63) is 93.6 Å². The molecule has 1 aliphatic rings. The highest BCUT2D eigenvalue weighted by Crippen LogP contribution is 2.35. The van der Waals surface area contributed by atoms with Gasteiger partial charge in [-0.25, -0.2) is 4.99 Å². The molecule has 1 fully saturated rings. The zero-order chi connectivity index (χ0) is 21.8. The minimum Gasteiger partial charge on any atom is -0.488 e. The van der Waals surface area contributed by atoms with Gasteiger partial charge in [-0.15, -0.1) is 0 Å². The molecule has 31 heavy (non-hydrogen) atoms. The number of carbonyl (C=O) groups is 1. The summed E-state index contributed by atoms with van der Waals surface area (Å²) in [6.45, 7) is 2.51. The standard InChI is InChI=1S/C24H20ClN3O2S/c1-16-7-9-17(10-8-16)15-30-21-6-4-3-5-18(21)13-22-23(29)28(2)24(31-22)27-20-11-12-26-14-19(20)25/h3-14H,15H2,1-2H3/b22-13-,27-24?. The van der Waals surface area contributed by atoms with Crippen LogP contribution in [0.4, 0.5) is 5.69 Å². The number of likely N-dealkylation sites (N-methyl/N-ethyl adjacent to an activating group) is 1. The molecule has 0 aliphatic carbocycles. The molecule has 0 spiro atoms. The van der Waals surface area contributed by atoms with E-state index in [9.17, 15) is 4.79 Å². The molecule has 0 saturated carbocycles. The van der Waals surface area contributed by atoms with Crippen LogP contribution in [0.15, 0.2) is 76.9 Å². The Kier molecular flexibility index (Phi) is 6.39. The van der Waals surface area contributed by atoms with Gasteiger partial charge in [-0.1, -0.05) is 59.6 Å². The second-order valence-corrected chi connectivity index (χ2v) is 8.42. The van der Waals surface area contributed by atoms with Gasteiger partial charge in [0, 0.05) is 25.0 Å². The largest absolute Gasteiger partial charge is 0.488 e. The number of rotatable bonds is 5. The second-order valence-electron chi connectivity index (χ2n) is 7.01. The van der Waals surface area contributed by atoms with Crippen LogP contribution in [-0.4, -0.2) is 28.0 Å². The second kappa shape index (κ2) is 9.37. The first-order chi connectivity index (χ1) is 15.0. The lowest BCUT2D eigenvalue weighted by molar-refractivity contribution is -0.121. The number of amides is 1. The number of para-hydroxylation sites is 1. The molecule has 2 heterocycles. The summed E-state index contributed by atoms with van der Waals surface area (Å²) >= 11 is 7.46. The summed E-state index contributed by atoms with van der Waals surface area (Å²) in [5, 5.41) is 0.992. The Morgan fingerprint density at radius 3 is 2.71 bits per heavy atom. The quantitative estimate of drug-likeness (QED) is 0.458. The van der Waals surface area contributed by atoms with Gasteiger partial charge in [0.25, 0.3) is 5.91 Å². The van der Waals surface area contributed by atoms with Gasteiger partial charge in [-0.2, -0.15) is 0 Å². The normalized spacial score (nSPS) is 16.4. The van der Waals surface area contributed by atoms with Crippen molar-refractivity contribution >= 4 is 46.2 Å². The molecule has 1 aromatic heterocycles. The minimum atomic E-state index is -0.123. The number of halogens is 1. The molecule has 0 atom stereocenters. The molecule has 0 N–H and O–H groups in total. The number of pyridine rings is 1. The predicted molar refractivity (Wildman–Crippen MR) is 127 cm³/mol. The Hall–Kier alpha value is -3.09. The van der Waals surface area contributed by atoms with Crippen molar-refractivity contribution in [2.75, 3.05) is 7.05 Å². The number of amidine groups is 1. The Morgan fingerprint density at radius 2 is 1.94 bits per heavy atom. The fourth-order valence-electron chi connectivity index (χ4n) is 2.93. The molecular weight excluding hydrogens is 430 g/mol. The van der Waals surface area contributed by atoms with Crippen molar-refractivity contribution in [3.63, 3.8) is 0 Å². The molecule has 1 saturated heterocycles. The first-order valence-electron chi connectivity index (χ1n) is 9.64. The molecule has 0 bridgehead atoms. The predicted octanol–water partition coefficient (Wildman–Crippen LogP) is 5.86. The SMILES string of the molecule is Cc1ccc(COc2ccccc2/C=C2\SC(=Nc3ccncc3Cl)N(C)C2=O)cc1. The lowest BCUT2D eigenvalue weighted by Crippen LogP contribution is -2.23. The highest BCUT2D eigenvalue weighted by Gasteiger charge is 2.30. The van der Waals surface area contributed by atoms with Crippen LogP contribution in [0.3, 0.4) is 0 Å². The van der Waals surface area contributed by atoms with Gasteiger partial charge in [0.15, 0.2) is 5.17 Å². The van der Waals surface area contributed by atoms with Gasteiger partial charge in [-0.3, -0.25) is 14.7 Å². The van der Waals surface area contributed by atoms with Crippen LogP contribution in [-0.2, 0) is 11.4 Å². The van der Waals surface area contributed by atoms with Gasteiger partial charge in [0.1, 0.15) is 12.4 Å². The lowest BCUT2D eigenvalue weighted by Gasteiger charge is -2.10. The van der Waals surface area contributed by atoms with Crippen molar-refractivity contribution < 1.29 is 9.53 Å². The fourth-order valence-corrected chi connectivity index (χ4v) is 4.06. The highest BCUT2D eigenvalue weighted by atomic mass is 35.5.